The maximum absolute atomic E-state index is 13.7. The van der Waals surface area contributed by atoms with Crippen molar-refractivity contribution < 1.29 is 22.9 Å². The van der Waals surface area contributed by atoms with Crippen LogP contribution in [0.1, 0.15) is 25.3 Å². The fourth-order valence-corrected chi connectivity index (χ4v) is 5.60. The van der Waals surface area contributed by atoms with Crippen LogP contribution in [0.15, 0.2) is 52.4 Å². The molecule has 1 aromatic heterocycles. The van der Waals surface area contributed by atoms with E-state index in [9.17, 15) is 8.42 Å². The van der Waals surface area contributed by atoms with Crippen LogP contribution in [0.4, 0.5) is 5.69 Å². The highest BCUT2D eigenvalue weighted by Gasteiger charge is 2.31. The summed E-state index contributed by atoms with van der Waals surface area (Å²) in [6, 6.07) is 10.7. The maximum Gasteiger partial charge on any atom is 0.217 e. The third-order valence-corrected chi connectivity index (χ3v) is 7.87. The number of aryl methyl sites for hydroxylation is 1. The number of anilines is 1. The number of sulfone groups is 1. The van der Waals surface area contributed by atoms with Crippen LogP contribution >= 0.6 is 0 Å². The molecule has 0 unspecified atom stereocenters. The van der Waals surface area contributed by atoms with Crippen molar-refractivity contribution in [2.45, 2.75) is 36.5 Å². The van der Waals surface area contributed by atoms with Crippen molar-refractivity contribution in [2.75, 3.05) is 32.2 Å². The largest absolute Gasteiger partial charge is 0.493 e. The third-order valence-electron chi connectivity index (χ3n) is 6.09. The van der Waals surface area contributed by atoms with E-state index in [2.05, 4.69) is 16.8 Å². The smallest absolute Gasteiger partial charge is 0.217 e. The van der Waals surface area contributed by atoms with Crippen LogP contribution in [0.5, 0.6) is 11.5 Å². The molecule has 1 aliphatic heterocycles. The Morgan fingerprint density at radius 1 is 1.00 bits per heavy atom. The summed E-state index contributed by atoms with van der Waals surface area (Å²) >= 11 is 0. The first kappa shape index (κ1) is 21.4. The zero-order valence-corrected chi connectivity index (χ0v) is 19.3. The van der Waals surface area contributed by atoms with Gasteiger partial charge in [-0.05, 0) is 37.8 Å². The van der Waals surface area contributed by atoms with Gasteiger partial charge in [0.2, 0.25) is 15.4 Å². The summed E-state index contributed by atoms with van der Waals surface area (Å²) in [5.41, 5.74) is 2.54. The molecular formula is C24H29N2O4S+. The number of H-pyrrole nitrogens is 1. The number of fused-ring (bicyclic) bond motifs is 1. The molecule has 6 nitrogen and oxygen atoms in total. The van der Waals surface area contributed by atoms with Crippen LogP contribution in [0, 0.1) is 12.8 Å². The molecule has 3 aromatic rings. The Kier molecular flexibility index (Phi) is 5.79. The molecule has 0 bridgehead atoms. The number of hydrogen-bond donors (Lipinski definition) is 0. The fourth-order valence-electron chi connectivity index (χ4n) is 4.15. The van der Waals surface area contributed by atoms with Crippen LogP contribution in [-0.4, -0.2) is 35.7 Å². The number of nitrogens with one attached hydrogen (secondary N) is 1. The molecular weight excluding hydrogens is 412 g/mol. The Morgan fingerprint density at radius 3 is 2.23 bits per heavy atom. The molecule has 164 valence electrons. The predicted molar refractivity (Wildman–Crippen MR) is 121 cm³/mol. The second-order valence-electron chi connectivity index (χ2n) is 8.24. The highest BCUT2D eigenvalue weighted by atomic mass is 32.2. The van der Waals surface area contributed by atoms with Gasteiger partial charge >= 0.3 is 0 Å². The number of methoxy groups -OCH3 is 2. The molecule has 1 saturated heterocycles. The SMILES string of the molecule is COc1cc2[nH+]cc(S(=O)(=O)c3ccc(C)cc3)c(N3CCC(C)CC3)c2cc1OC. The molecule has 2 heterocycles. The first-order chi connectivity index (χ1) is 14.8. The van der Waals surface area contributed by atoms with Gasteiger partial charge in [0.15, 0.2) is 22.6 Å². The highest BCUT2D eigenvalue weighted by molar-refractivity contribution is 7.91. The van der Waals surface area contributed by atoms with Gasteiger partial charge in [-0.2, -0.15) is 0 Å². The van der Waals surface area contributed by atoms with Gasteiger partial charge in [0.05, 0.1) is 36.3 Å². The molecule has 0 amide bonds. The quantitative estimate of drug-likeness (QED) is 0.597. The van der Waals surface area contributed by atoms with Gasteiger partial charge in [0.25, 0.3) is 0 Å². The Morgan fingerprint density at radius 2 is 1.61 bits per heavy atom. The summed E-state index contributed by atoms with van der Waals surface area (Å²) < 4.78 is 38.3. The maximum atomic E-state index is 13.7. The second kappa shape index (κ2) is 8.38. The van der Waals surface area contributed by atoms with E-state index >= 15 is 0 Å². The van der Waals surface area contributed by atoms with Gasteiger partial charge in [-0.3, -0.25) is 0 Å². The molecule has 2 aromatic carbocycles. The number of benzene rings is 2. The number of aromatic amines is 1. The lowest BCUT2D eigenvalue weighted by atomic mass is 9.98. The van der Waals surface area contributed by atoms with Gasteiger partial charge in [-0.15, -0.1) is 0 Å². The molecule has 7 heteroatoms. The molecule has 0 atom stereocenters. The van der Waals surface area contributed by atoms with Gasteiger partial charge < -0.3 is 14.4 Å². The number of rotatable bonds is 5. The minimum atomic E-state index is -3.72. The van der Waals surface area contributed by atoms with E-state index in [4.69, 9.17) is 9.47 Å². The normalized spacial score (nSPS) is 15.3. The number of nitrogens with zero attached hydrogens (tertiary/aromatic N) is 1. The van der Waals surface area contributed by atoms with E-state index in [-0.39, 0.29) is 9.79 Å². The average molecular weight is 442 g/mol. The number of hydrogen-bond acceptors (Lipinski definition) is 5. The van der Waals surface area contributed by atoms with Crippen molar-refractivity contribution in [1.29, 1.82) is 0 Å². The van der Waals surface area contributed by atoms with Crippen molar-refractivity contribution in [3.8, 4) is 11.5 Å². The summed E-state index contributed by atoms with van der Waals surface area (Å²) in [5.74, 6) is 1.79. The molecule has 1 N–H and O–H groups in total. The molecule has 0 aliphatic carbocycles. The summed E-state index contributed by atoms with van der Waals surface area (Å²) in [6.45, 7) is 5.81. The van der Waals surface area contributed by atoms with Crippen molar-refractivity contribution in [3.63, 3.8) is 0 Å². The zero-order valence-electron chi connectivity index (χ0n) is 18.4. The van der Waals surface area contributed by atoms with Gasteiger partial charge in [-0.1, -0.05) is 24.6 Å². The summed E-state index contributed by atoms with van der Waals surface area (Å²) in [6.07, 6.45) is 3.66. The monoisotopic (exact) mass is 441 g/mol. The first-order valence-corrected chi connectivity index (χ1v) is 12.0. The van der Waals surface area contributed by atoms with E-state index in [0.717, 1.165) is 48.1 Å². The van der Waals surface area contributed by atoms with Crippen molar-refractivity contribution in [3.05, 3.63) is 48.2 Å². The second-order valence-corrected chi connectivity index (χ2v) is 10.2. The minimum Gasteiger partial charge on any atom is -0.493 e. The summed E-state index contributed by atoms with van der Waals surface area (Å²) in [5, 5.41) is 0.806. The standard InChI is InChI=1S/C24H28N2O4S/c1-16-5-7-18(8-6-16)31(27,28)23-15-25-20-14-22(30-4)21(29-3)13-19(20)24(23)26-11-9-17(2)10-12-26/h5-8,13-15,17H,9-12H2,1-4H3/p+1. The summed E-state index contributed by atoms with van der Waals surface area (Å²) in [4.78, 5) is 5.95. The van der Waals surface area contributed by atoms with Gasteiger partial charge in [0.1, 0.15) is 0 Å². The predicted octanol–water partition coefficient (Wildman–Crippen LogP) is 4.05. The third kappa shape index (κ3) is 3.94. The van der Waals surface area contributed by atoms with Gasteiger partial charge in [0, 0.05) is 19.2 Å². The van der Waals surface area contributed by atoms with E-state index in [1.165, 1.54) is 0 Å². The number of pyridine rings is 1. The minimum absolute atomic E-state index is 0.283. The van der Waals surface area contributed by atoms with E-state index in [0.29, 0.717) is 17.4 Å². The zero-order chi connectivity index (χ0) is 22.2. The van der Waals surface area contributed by atoms with Crippen molar-refractivity contribution in [1.82, 2.24) is 0 Å². The van der Waals surface area contributed by atoms with Crippen LogP contribution < -0.4 is 19.4 Å². The molecule has 0 spiro atoms. The Labute approximate surface area is 183 Å². The average Bonchev–Trinajstić information content (AvgIpc) is 2.78. The van der Waals surface area contributed by atoms with E-state index in [1.807, 2.05) is 31.2 Å². The number of ether oxygens (including phenoxy) is 2. The Balaban J connectivity index is 1.98. The van der Waals surface area contributed by atoms with Crippen LogP contribution in [0.25, 0.3) is 10.9 Å². The fraction of sp³-hybridized carbons (Fsp3) is 0.375. The molecule has 1 aliphatic rings. The Bertz CT molecular complexity index is 1200. The number of aromatic nitrogens is 1. The lowest BCUT2D eigenvalue weighted by molar-refractivity contribution is -0.347. The molecule has 0 radical (unpaired) electrons. The first-order valence-electron chi connectivity index (χ1n) is 10.5. The Hall–Kier alpha value is -2.80. The van der Waals surface area contributed by atoms with Crippen LogP contribution in [-0.2, 0) is 9.84 Å². The van der Waals surface area contributed by atoms with Crippen LogP contribution in [0.3, 0.4) is 0 Å². The molecule has 4 rings (SSSR count). The van der Waals surface area contributed by atoms with E-state index < -0.39 is 9.84 Å². The molecule has 0 saturated carbocycles. The number of piperidine rings is 1. The highest BCUT2D eigenvalue weighted by Crippen LogP contribution is 2.40. The lowest BCUT2D eigenvalue weighted by Crippen LogP contribution is -2.34. The van der Waals surface area contributed by atoms with E-state index in [1.54, 1.807) is 32.5 Å². The molecule has 31 heavy (non-hydrogen) atoms. The topological polar surface area (TPSA) is 70.0 Å². The summed E-state index contributed by atoms with van der Waals surface area (Å²) in [7, 11) is -0.545. The van der Waals surface area contributed by atoms with Crippen molar-refractivity contribution >= 4 is 26.4 Å². The lowest BCUT2D eigenvalue weighted by Gasteiger charge is -2.33. The molecule has 1 fully saturated rings. The van der Waals surface area contributed by atoms with Crippen LogP contribution in [0.2, 0.25) is 0 Å². The van der Waals surface area contributed by atoms with Gasteiger partial charge in [-0.25, -0.2) is 13.4 Å². The van der Waals surface area contributed by atoms with Crippen molar-refractivity contribution in [2.24, 2.45) is 5.92 Å².